The predicted molar refractivity (Wildman–Crippen MR) is 116 cm³/mol. The molecule has 7 heteroatoms. The fourth-order valence-electron chi connectivity index (χ4n) is 3.14. The van der Waals surface area contributed by atoms with Crippen LogP contribution in [0.1, 0.15) is 18.1 Å². The van der Waals surface area contributed by atoms with Gasteiger partial charge >= 0.3 is 0 Å². The molecule has 0 saturated carbocycles. The Morgan fingerprint density at radius 3 is 2.72 bits per heavy atom. The van der Waals surface area contributed by atoms with Gasteiger partial charge in [-0.3, -0.25) is 14.2 Å². The van der Waals surface area contributed by atoms with Crippen LogP contribution < -0.4 is 10.9 Å². The first-order chi connectivity index (χ1) is 14.0. The molecule has 0 atom stereocenters. The van der Waals surface area contributed by atoms with E-state index >= 15 is 0 Å². The van der Waals surface area contributed by atoms with E-state index in [1.807, 2.05) is 36.6 Å². The van der Waals surface area contributed by atoms with Crippen LogP contribution in [0.3, 0.4) is 0 Å². The van der Waals surface area contributed by atoms with Crippen molar-refractivity contribution in [3.63, 3.8) is 0 Å². The Morgan fingerprint density at radius 2 is 1.97 bits per heavy atom. The zero-order valence-electron chi connectivity index (χ0n) is 16.2. The number of anilines is 1. The number of hydrogen-bond acceptors (Lipinski definition) is 5. The molecule has 0 fully saturated rings. The number of carbonyl (C=O) groups is 1. The van der Waals surface area contributed by atoms with E-state index < -0.39 is 0 Å². The smallest absolute Gasteiger partial charge is 0.261 e. The van der Waals surface area contributed by atoms with Gasteiger partial charge in [-0.05, 0) is 30.5 Å². The maximum Gasteiger partial charge on any atom is 0.261 e. The Kier molecular flexibility index (Phi) is 5.22. The van der Waals surface area contributed by atoms with Gasteiger partial charge in [-0.2, -0.15) is 0 Å². The summed E-state index contributed by atoms with van der Waals surface area (Å²) in [6, 6.07) is 13.7. The van der Waals surface area contributed by atoms with E-state index in [-0.39, 0.29) is 18.0 Å². The zero-order valence-corrected chi connectivity index (χ0v) is 17.0. The van der Waals surface area contributed by atoms with Gasteiger partial charge < -0.3 is 5.32 Å². The van der Waals surface area contributed by atoms with E-state index in [1.165, 1.54) is 27.8 Å². The fraction of sp³-hybridized carbons (Fsp3) is 0.182. The number of fused-ring (bicyclic) bond motifs is 1. The lowest BCUT2D eigenvalue weighted by Crippen LogP contribution is -2.28. The molecule has 0 aliphatic carbocycles. The molecular weight excluding hydrogens is 384 g/mol. The number of para-hydroxylation sites is 1. The summed E-state index contributed by atoms with van der Waals surface area (Å²) in [4.78, 5) is 33.9. The Morgan fingerprint density at radius 1 is 1.17 bits per heavy atom. The second-order valence-corrected chi connectivity index (χ2v) is 7.64. The number of aryl methyl sites for hydroxylation is 2. The van der Waals surface area contributed by atoms with Gasteiger partial charge in [-0.25, -0.2) is 9.97 Å². The normalized spacial score (nSPS) is 11.0. The first-order valence-electron chi connectivity index (χ1n) is 9.34. The van der Waals surface area contributed by atoms with Crippen molar-refractivity contribution < 1.29 is 4.79 Å². The molecule has 4 rings (SSSR count). The Balaban J connectivity index is 1.49. The summed E-state index contributed by atoms with van der Waals surface area (Å²) in [7, 11) is 0. The number of hydrogen-bond donors (Lipinski definition) is 1. The van der Waals surface area contributed by atoms with Gasteiger partial charge in [0.05, 0.1) is 22.9 Å². The van der Waals surface area contributed by atoms with Gasteiger partial charge in [0.15, 0.2) is 5.13 Å². The number of nitrogens with zero attached hydrogens (tertiary/aromatic N) is 3. The van der Waals surface area contributed by atoms with Crippen LogP contribution in [0.4, 0.5) is 5.13 Å². The van der Waals surface area contributed by atoms with E-state index in [4.69, 9.17) is 0 Å². The molecule has 0 aliphatic heterocycles. The minimum Gasteiger partial charge on any atom is -0.300 e. The maximum atomic E-state index is 12.6. The van der Waals surface area contributed by atoms with Crippen LogP contribution in [0.5, 0.6) is 0 Å². The second-order valence-electron chi connectivity index (χ2n) is 6.79. The van der Waals surface area contributed by atoms with E-state index in [0.29, 0.717) is 16.0 Å². The predicted octanol–water partition coefficient (Wildman–Crippen LogP) is 4.03. The number of benzene rings is 2. The first kappa shape index (κ1) is 19.0. The standard InChI is InChI=1S/C22H20N4O2S/c1-3-15-7-9-16(10-8-15)18-12-29-22(24-18)25-19(27)11-26-13-23-20-14(2)5-4-6-17(20)21(26)28/h4-10,12-13H,3,11H2,1-2H3,(H,24,25,27). The summed E-state index contributed by atoms with van der Waals surface area (Å²) in [5.41, 5.74) is 4.44. The van der Waals surface area contributed by atoms with Crippen molar-refractivity contribution in [2.75, 3.05) is 5.32 Å². The van der Waals surface area contributed by atoms with Crippen LogP contribution in [0.2, 0.25) is 0 Å². The zero-order chi connectivity index (χ0) is 20.4. The average Bonchev–Trinajstić information content (AvgIpc) is 3.19. The van der Waals surface area contributed by atoms with Crippen LogP contribution in [0.15, 0.2) is 59.0 Å². The molecule has 0 unspecified atom stereocenters. The fourth-order valence-corrected chi connectivity index (χ4v) is 3.87. The van der Waals surface area contributed by atoms with Crippen molar-refractivity contribution in [1.29, 1.82) is 0 Å². The molecule has 0 radical (unpaired) electrons. The Hall–Kier alpha value is -3.32. The van der Waals surface area contributed by atoms with E-state index in [2.05, 4.69) is 34.3 Å². The van der Waals surface area contributed by atoms with Gasteiger partial charge in [0.2, 0.25) is 5.91 Å². The highest BCUT2D eigenvalue weighted by molar-refractivity contribution is 7.14. The summed E-state index contributed by atoms with van der Waals surface area (Å²) in [5, 5.41) is 5.69. The summed E-state index contributed by atoms with van der Waals surface area (Å²) in [6.07, 6.45) is 2.40. The molecule has 6 nitrogen and oxygen atoms in total. The number of amides is 1. The molecule has 1 amide bonds. The summed E-state index contributed by atoms with van der Waals surface area (Å²) < 4.78 is 1.31. The van der Waals surface area contributed by atoms with Crippen molar-refractivity contribution in [1.82, 2.24) is 14.5 Å². The third kappa shape index (κ3) is 3.95. The lowest BCUT2D eigenvalue weighted by molar-refractivity contribution is -0.116. The van der Waals surface area contributed by atoms with Crippen LogP contribution in [0.25, 0.3) is 22.2 Å². The molecule has 0 spiro atoms. The molecule has 0 saturated heterocycles. The molecule has 2 aromatic carbocycles. The molecule has 1 N–H and O–H groups in total. The quantitative estimate of drug-likeness (QED) is 0.545. The van der Waals surface area contributed by atoms with Crippen molar-refractivity contribution in [2.24, 2.45) is 0 Å². The minimum absolute atomic E-state index is 0.115. The van der Waals surface area contributed by atoms with Crippen molar-refractivity contribution in [2.45, 2.75) is 26.8 Å². The summed E-state index contributed by atoms with van der Waals surface area (Å²) in [6.45, 7) is 3.90. The third-order valence-corrected chi connectivity index (χ3v) is 5.54. The van der Waals surface area contributed by atoms with Gasteiger partial charge in [0.1, 0.15) is 6.54 Å². The minimum atomic E-state index is -0.317. The van der Waals surface area contributed by atoms with Gasteiger partial charge in [-0.15, -0.1) is 11.3 Å². The molecule has 2 heterocycles. The highest BCUT2D eigenvalue weighted by Gasteiger charge is 2.12. The summed E-state index contributed by atoms with van der Waals surface area (Å²) >= 11 is 1.36. The van der Waals surface area contributed by atoms with Crippen LogP contribution in [0, 0.1) is 6.92 Å². The molecule has 29 heavy (non-hydrogen) atoms. The number of thiazole rings is 1. The third-order valence-electron chi connectivity index (χ3n) is 4.78. The lowest BCUT2D eigenvalue weighted by Gasteiger charge is -2.07. The largest absolute Gasteiger partial charge is 0.300 e. The van der Waals surface area contributed by atoms with E-state index in [0.717, 1.165) is 23.2 Å². The molecule has 2 aromatic heterocycles. The topological polar surface area (TPSA) is 76.9 Å². The van der Waals surface area contributed by atoms with Crippen molar-refractivity contribution in [3.05, 3.63) is 75.7 Å². The number of aromatic nitrogens is 3. The number of nitrogens with one attached hydrogen (secondary N) is 1. The monoisotopic (exact) mass is 404 g/mol. The Labute approximate surface area is 171 Å². The molecule has 4 aromatic rings. The van der Waals surface area contributed by atoms with E-state index in [1.54, 1.807) is 6.07 Å². The lowest BCUT2D eigenvalue weighted by atomic mass is 10.1. The van der Waals surface area contributed by atoms with Crippen LogP contribution in [-0.2, 0) is 17.8 Å². The van der Waals surface area contributed by atoms with Crippen molar-refractivity contribution >= 4 is 33.3 Å². The number of carbonyl (C=O) groups excluding carboxylic acids is 1. The molecular formula is C22H20N4O2S. The first-order valence-corrected chi connectivity index (χ1v) is 10.2. The van der Waals surface area contributed by atoms with Crippen molar-refractivity contribution in [3.8, 4) is 11.3 Å². The number of rotatable bonds is 5. The van der Waals surface area contributed by atoms with E-state index in [9.17, 15) is 9.59 Å². The molecule has 146 valence electrons. The molecule has 0 aliphatic rings. The maximum absolute atomic E-state index is 12.6. The summed E-state index contributed by atoms with van der Waals surface area (Å²) in [5.74, 6) is -0.317. The SMILES string of the molecule is CCc1ccc(-c2csc(NC(=O)Cn3cnc4c(C)cccc4c3=O)n2)cc1. The second kappa shape index (κ2) is 7.97. The average molecular weight is 404 g/mol. The van der Waals surface area contributed by atoms with Gasteiger partial charge in [-0.1, -0.05) is 43.3 Å². The van der Waals surface area contributed by atoms with Crippen LogP contribution >= 0.6 is 11.3 Å². The van der Waals surface area contributed by atoms with Crippen LogP contribution in [-0.4, -0.2) is 20.4 Å². The Bertz CT molecular complexity index is 1240. The molecule has 0 bridgehead atoms. The highest BCUT2D eigenvalue weighted by atomic mass is 32.1. The van der Waals surface area contributed by atoms with Gasteiger partial charge in [0.25, 0.3) is 5.56 Å². The van der Waals surface area contributed by atoms with Gasteiger partial charge in [0, 0.05) is 10.9 Å². The highest BCUT2D eigenvalue weighted by Crippen LogP contribution is 2.25.